The number of carbonyl (C=O) groups excluding carboxylic acids is 1. The average Bonchev–Trinajstić information content (AvgIpc) is 3.06. The molecule has 0 aromatic heterocycles. The predicted octanol–water partition coefficient (Wildman–Crippen LogP) is 0.938. The Hall–Kier alpha value is -1.95. The Morgan fingerprint density at radius 3 is 2.43 bits per heavy atom. The zero-order chi connectivity index (χ0) is 15.2. The topological polar surface area (TPSA) is 68.8 Å². The molecule has 6 nitrogen and oxygen atoms in total. The molecule has 0 radical (unpaired) electrons. The fraction of sp³-hybridized carbons (Fsp3) is 0.533. The van der Waals surface area contributed by atoms with Crippen LogP contribution in [0.1, 0.15) is 12.0 Å². The monoisotopic (exact) mass is 294 g/mol. The second kappa shape index (κ2) is 7.17. The van der Waals surface area contributed by atoms with E-state index in [1.54, 1.807) is 27.4 Å². The van der Waals surface area contributed by atoms with Gasteiger partial charge in [-0.15, -0.1) is 0 Å². The van der Waals surface area contributed by atoms with E-state index in [4.69, 9.17) is 14.2 Å². The molecule has 0 aliphatic carbocycles. The molecule has 6 heteroatoms. The molecule has 1 aliphatic rings. The van der Waals surface area contributed by atoms with Gasteiger partial charge in [0, 0.05) is 24.7 Å². The van der Waals surface area contributed by atoms with Crippen molar-refractivity contribution >= 4 is 5.91 Å². The molecule has 2 N–H and O–H groups in total. The summed E-state index contributed by atoms with van der Waals surface area (Å²) in [5.41, 5.74) is 0.856. The Kier molecular flexibility index (Phi) is 5.27. The maximum absolute atomic E-state index is 12.0. The van der Waals surface area contributed by atoms with Gasteiger partial charge in [0.2, 0.25) is 5.91 Å². The fourth-order valence-electron chi connectivity index (χ4n) is 2.44. The van der Waals surface area contributed by atoms with Gasteiger partial charge in [-0.2, -0.15) is 0 Å². The first-order valence-electron chi connectivity index (χ1n) is 6.97. The molecule has 1 unspecified atom stereocenters. The molecule has 21 heavy (non-hydrogen) atoms. The van der Waals surface area contributed by atoms with Crippen LogP contribution in [0.15, 0.2) is 12.1 Å². The molecule has 2 rings (SSSR count). The van der Waals surface area contributed by atoms with Crippen LogP contribution < -0.4 is 24.8 Å². The zero-order valence-electron chi connectivity index (χ0n) is 12.7. The lowest BCUT2D eigenvalue weighted by atomic mass is 10.1. The minimum absolute atomic E-state index is 0.0520. The van der Waals surface area contributed by atoms with E-state index in [0.717, 1.165) is 25.1 Å². The molecule has 1 aromatic rings. The molecule has 1 atom stereocenters. The molecular weight excluding hydrogens is 272 g/mol. The van der Waals surface area contributed by atoms with Crippen LogP contribution in [-0.2, 0) is 11.3 Å². The number of benzene rings is 1. The maximum Gasteiger partial charge on any atom is 0.224 e. The van der Waals surface area contributed by atoms with Crippen molar-refractivity contribution in [1.82, 2.24) is 10.6 Å². The van der Waals surface area contributed by atoms with Crippen molar-refractivity contribution in [2.45, 2.75) is 13.0 Å². The molecule has 1 amide bonds. The van der Waals surface area contributed by atoms with Crippen LogP contribution >= 0.6 is 0 Å². The summed E-state index contributed by atoms with van der Waals surface area (Å²) in [5, 5.41) is 6.13. The fourth-order valence-corrected chi connectivity index (χ4v) is 2.44. The van der Waals surface area contributed by atoms with Gasteiger partial charge in [-0.25, -0.2) is 0 Å². The van der Waals surface area contributed by atoms with E-state index in [0.29, 0.717) is 23.8 Å². The lowest BCUT2D eigenvalue weighted by Crippen LogP contribution is -2.31. The molecule has 1 aromatic carbocycles. The minimum Gasteiger partial charge on any atom is -0.496 e. The molecule has 116 valence electrons. The molecular formula is C15H22N2O4. The Morgan fingerprint density at radius 1 is 1.19 bits per heavy atom. The van der Waals surface area contributed by atoms with Gasteiger partial charge in [-0.3, -0.25) is 4.79 Å². The van der Waals surface area contributed by atoms with Crippen molar-refractivity contribution in [3.8, 4) is 17.2 Å². The normalized spacial score (nSPS) is 17.4. The average molecular weight is 294 g/mol. The number of nitrogens with one attached hydrogen (secondary N) is 2. The highest BCUT2D eigenvalue weighted by Gasteiger charge is 2.22. The van der Waals surface area contributed by atoms with Gasteiger partial charge >= 0.3 is 0 Å². The van der Waals surface area contributed by atoms with E-state index in [1.165, 1.54) is 0 Å². The Labute approximate surface area is 124 Å². The Bertz CT molecular complexity index is 499. The number of rotatable bonds is 6. The van der Waals surface area contributed by atoms with E-state index in [2.05, 4.69) is 10.6 Å². The minimum atomic E-state index is 0.0520. The van der Waals surface area contributed by atoms with E-state index in [1.807, 2.05) is 6.07 Å². The SMILES string of the molecule is COc1cc(OC)c(OC)cc1CNC(=O)C1CCNC1. The molecule has 1 saturated heterocycles. The van der Waals surface area contributed by atoms with E-state index in [9.17, 15) is 4.79 Å². The standard InChI is InChI=1S/C15H22N2O4/c1-19-12-7-14(21-3)13(20-2)6-11(12)9-17-15(18)10-4-5-16-8-10/h6-7,10,16H,4-5,8-9H2,1-3H3,(H,17,18). The number of hydrogen-bond acceptors (Lipinski definition) is 5. The highest BCUT2D eigenvalue weighted by molar-refractivity contribution is 5.79. The van der Waals surface area contributed by atoms with Crippen molar-refractivity contribution in [3.05, 3.63) is 17.7 Å². The first-order valence-corrected chi connectivity index (χ1v) is 6.97. The van der Waals surface area contributed by atoms with Crippen LogP contribution in [0.3, 0.4) is 0 Å². The van der Waals surface area contributed by atoms with Crippen molar-refractivity contribution in [2.24, 2.45) is 5.92 Å². The van der Waals surface area contributed by atoms with E-state index < -0.39 is 0 Å². The van der Waals surface area contributed by atoms with Crippen LogP contribution in [0.4, 0.5) is 0 Å². The summed E-state index contributed by atoms with van der Waals surface area (Å²) in [5.74, 6) is 2.00. The lowest BCUT2D eigenvalue weighted by molar-refractivity contribution is -0.124. The third-order valence-corrected chi connectivity index (χ3v) is 3.67. The van der Waals surface area contributed by atoms with Crippen molar-refractivity contribution in [2.75, 3.05) is 34.4 Å². The molecule has 0 bridgehead atoms. The van der Waals surface area contributed by atoms with E-state index >= 15 is 0 Å². The van der Waals surface area contributed by atoms with Crippen LogP contribution in [0.2, 0.25) is 0 Å². The number of methoxy groups -OCH3 is 3. The lowest BCUT2D eigenvalue weighted by Gasteiger charge is -2.15. The van der Waals surface area contributed by atoms with Gasteiger partial charge < -0.3 is 24.8 Å². The first-order chi connectivity index (χ1) is 10.2. The summed E-state index contributed by atoms with van der Waals surface area (Å²) in [6, 6.07) is 3.59. The number of amides is 1. The summed E-state index contributed by atoms with van der Waals surface area (Å²) in [7, 11) is 4.75. The van der Waals surface area contributed by atoms with Gasteiger partial charge in [0.1, 0.15) is 5.75 Å². The molecule has 1 fully saturated rings. The predicted molar refractivity (Wildman–Crippen MR) is 78.9 cm³/mol. The summed E-state index contributed by atoms with van der Waals surface area (Å²) in [4.78, 5) is 12.0. The maximum atomic E-state index is 12.0. The number of ether oxygens (including phenoxy) is 3. The number of carbonyl (C=O) groups is 1. The van der Waals surface area contributed by atoms with Gasteiger partial charge in [-0.05, 0) is 19.0 Å². The highest BCUT2D eigenvalue weighted by Crippen LogP contribution is 2.34. The number of hydrogen-bond donors (Lipinski definition) is 2. The largest absolute Gasteiger partial charge is 0.496 e. The summed E-state index contributed by atoms with van der Waals surface area (Å²) < 4.78 is 15.9. The summed E-state index contributed by atoms with van der Waals surface area (Å²) in [6.45, 7) is 2.05. The van der Waals surface area contributed by atoms with E-state index in [-0.39, 0.29) is 11.8 Å². The highest BCUT2D eigenvalue weighted by atomic mass is 16.5. The Balaban J connectivity index is 2.09. The third kappa shape index (κ3) is 3.58. The van der Waals surface area contributed by atoms with Crippen LogP contribution in [0.25, 0.3) is 0 Å². The summed E-state index contributed by atoms with van der Waals surface area (Å²) in [6.07, 6.45) is 0.884. The van der Waals surface area contributed by atoms with Crippen LogP contribution in [-0.4, -0.2) is 40.3 Å². The third-order valence-electron chi connectivity index (χ3n) is 3.67. The molecule has 0 spiro atoms. The molecule has 1 heterocycles. The molecule has 0 saturated carbocycles. The van der Waals surface area contributed by atoms with Gasteiger partial charge in [-0.1, -0.05) is 0 Å². The van der Waals surface area contributed by atoms with Crippen molar-refractivity contribution in [3.63, 3.8) is 0 Å². The van der Waals surface area contributed by atoms with Crippen molar-refractivity contribution < 1.29 is 19.0 Å². The van der Waals surface area contributed by atoms with Crippen molar-refractivity contribution in [1.29, 1.82) is 0 Å². The zero-order valence-corrected chi connectivity index (χ0v) is 12.7. The second-order valence-electron chi connectivity index (χ2n) is 4.93. The Morgan fingerprint density at radius 2 is 1.86 bits per heavy atom. The van der Waals surface area contributed by atoms with Gasteiger partial charge in [0.25, 0.3) is 0 Å². The summed E-state index contributed by atoms with van der Waals surface area (Å²) >= 11 is 0. The smallest absolute Gasteiger partial charge is 0.224 e. The molecule has 1 aliphatic heterocycles. The van der Waals surface area contributed by atoms with Crippen LogP contribution in [0.5, 0.6) is 17.2 Å². The van der Waals surface area contributed by atoms with Crippen LogP contribution in [0, 0.1) is 5.92 Å². The second-order valence-corrected chi connectivity index (χ2v) is 4.93. The van der Waals surface area contributed by atoms with Gasteiger partial charge in [0.15, 0.2) is 11.5 Å². The van der Waals surface area contributed by atoms with Gasteiger partial charge in [0.05, 0.1) is 27.2 Å². The first kappa shape index (κ1) is 15.4. The quantitative estimate of drug-likeness (QED) is 0.817.